The zero-order valence-corrected chi connectivity index (χ0v) is 14.6. The fourth-order valence-electron chi connectivity index (χ4n) is 2.49. The third kappa shape index (κ3) is 3.31. The van der Waals surface area contributed by atoms with Crippen LogP contribution in [0.1, 0.15) is 25.0 Å². The van der Waals surface area contributed by atoms with Gasteiger partial charge in [-0.3, -0.25) is 0 Å². The minimum atomic E-state index is -0.724. The van der Waals surface area contributed by atoms with Gasteiger partial charge >= 0.3 is 0 Å². The second-order valence-corrected chi connectivity index (χ2v) is 6.67. The van der Waals surface area contributed by atoms with Crippen molar-refractivity contribution in [2.75, 3.05) is 11.0 Å². The first kappa shape index (κ1) is 16.1. The molecule has 0 aliphatic carbocycles. The van der Waals surface area contributed by atoms with Gasteiger partial charge in [-0.1, -0.05) is 23.5 Å². The summed E-state index contributed by atoms with van der Waals surface area (Å²) in [7, 11) is 0. The van der Waals surface area contributed by atoms with Gasteiger partial charge in [0, 0.05) is 29.1 Å². The summed E-state index contributed by atoms with van der Waals surface area (Å²) in [6.07, 6.45) is 1.95. The van der Waals surface area contributed by atoms with Gasteiger partial charge in [-0.2, -0.15) is 0 Å². The molecule has 0 fully saturated rings. The largest absolute Gasteiger partial charge is 0.466 e. The monoisotopic (exact) mass is 350 g/mol. The summed E-state index contributed by atoms with van der Waals surface area (Å²) in [5.41, 5.74) is 2.45. The average Bonchev–Trinajstić information content (AvgIpc) is 2.45. The molecule has 0 unspecified atom stereocenters. The van der Waals surface area contributed by atoms with E-state index >= 15 is 0 Å². The van der Waals surface area contributed by atoms with Gasteiger partial charge in [0.05, 0.1) is 10.7 Å². The van der Waals surface area contributed by atoms with Crippen LogP contribution in [-0.4, -0.2) is 17.7 Å². The number of nitrogens with one attached hydrogen (secondary N) is 1. The van der Waals surface area contributed by atoms with E-state index in [1.54, 1.807) is 6.07 Å². The SMILES string of the molecule is CSNc1ccc2c(c1)OC(C)(C)N=C2c1ccc(F)cc1Cl. The van der Waals surface area contributed by atoms with E-state index in [9.17, 15) is 4.39 Å². The molecule has 1 aliphatic rings. The maximum absolute atomic E-state index is 13.3. The molecule has 0 radical (unpaired) electrons. The number of anilines is 1. The van der Waals surface area contributed by atoms with E-state index in [4.69, 9.17) is 16.3 Å². The lowest BCUT2D eigenvalue weighted by molar-refractivity contribution is 0.115. The molecule has 0 aromatic heterocycles. The van der Waals surface area contributed by atoms with Crippen molar-refractivity contribution >= 4 is 34.9 Å². The van der Waals surface area contributed by atoms with Crippen LogP contribution in [0.2, 0.25) is 5.02 Å². The van der Waals surface area contributed by atoms with Crippen LogP contribution in [0.3, 0.4) is 0 Å². The number of nitrogens with zero attached hydrogens (tertiary/aromatic N) is 1. The standard InChI is InChI=1S/C17H16ClFN2OS/c1-17(2)20-16(12-6-4-10(19)8-14(12)18)13-7-5-11(21-23-3)9-15(13)22-17/h4-9,21H,1-3H3. The molecule has 0 atom stereocenters. The maximum Gasteiger partial charge on any atom is 0.195 e. The number of aliphatic imine (C=N–C) groups is 1. The number of fused-ring (bicyclic) bond motifs is 1. The lowest BCUT2D eigenvalue weighted by Crippen LogP contribution is -2.32. The van der Waals surface area contributed by atoms with Gasteiger partial charge in [-0.25, -0.2) is 9.38 Å². The molecule has 0 saturated carbocycles. The van der Waals surface area contributed by atoms with Crippen LogP contribution >= 0.6 is 23.5 Å². The Morgan fingerprint density at radius 3 is 2.61 bits per heavy atom. The smallest absolute Gasteiger partial charge is 0.195 e. The number of hydrogen-bond acceptors (Lipinski definition) is 4. The lowest BCUT2D eigenvalue weighted by Gasteiger charge is -2.30. The van der Waals surface area contributed by atoms with Crippen molar-refractivity contribution in [1.82, 2.24) is 0 Å². The van der Waals surface area contributed by atoms with Crippen LogP contribution < -0.4 is 9.46 Å². The topological polar surface area (TPSA) is 33.6 Å². The summed E-state index contributed by atoms with van der Waals surface area (Å²) in [6, 6.07) is 10.1. The normalized spacial score (nSPS) is 15.4. The van der Waals surface area contributed by atoms with Crippen molar-refractivity contribution in [3.8, 4) is 5.75 Å². The molecular formula is C17H16ClFN2OS. The van der Waals surface area contributed by atoms with Crippen molar-refractivity contribution < 1.29 is 9.13 Å². The van der Waals surface area contributed by atoms with E-state index in [0.717, 1.165) is 17.0 Å². The van der Waals surface area contributed by atoms with Crippen molar-refractivity contribution in [3.63, 3.8) is 0 Å². The summed E-state index contributed by atoms with van der Waals surface area (Å²) >= 11 is 7.73. The second kappa shape index (κ2) is 6.06. The van der Waals surface area contributed by atoms with Crippen LogP contribution in [0.5, 0.6) is 5.75 Å². The van der Waals surface area contributed by atoms with Crippen LogP contribution in [0.15, 0.2) is 41.4 Å². The Bertz CT molecular complexity index is 792. The predicted octanol–water partition coefficient (Wildman–Crippen LogP) is 5.13. The predicted molar refractivity (Wildman–Crippen MR) is 95.3 cm³/mol. The Balaban J connectivity index is 2.15. The first-order chi connectivity index (χ1) is 10.9. The fraction of sp³-hybridized carbons (Fsp3) is 0.235. The number of hydrogen-bond donors (Lipinski definition) is 1. The van der Waals surface area contributed by atoms with E-state index in [0.29, 0.717) is 16.3 Å². The Kier molecular flexibility index (Phi) is 4.25. The zero-order valence-electron chi connectivity index (χ0n) is 13.0. The minimum absolute atomic E-state index is 0.332. The summed E-state index contributed by atoms with van der Waals surface area (Å²) < 4.78 is 22.5. The van der Waals surface area contributed by atoms with Gasteiger partial charge in [-0.05, 0) is 44.2 Å². The molecule has 0 bridgehead atoms. The molecular weight excluding hydrogens is 335 g/mol. The molecule has 1 N–H and O–H groups in total. The summed E-state index contributed by atoms with van der Waals surface area (Å²) in [4.78, 5) is 4.65. The molecule has 23 heavy (non-hydrogen) atoms. The molecule has 0 spiro atoms. The quantitative estimate of drug-likeness (QED) is 0.778. The van der Waals surface area contributed by atoms with E-state index < -0.39 is 5.72 Å². The molecule has 0 amide bonds. The third-order valence-electron chi connectivity index (χ3n) is 3.38. The maximum atomic E-state index is 13.3. The Morgan fingerprint density at radius 1 is 1.17 bits per heavy atom. The molecule has 3 nitrogen and oxygen atoms in total. The number of rotatable bonds is 3. The minimum Gasteiger partial charge on any atom is -0.466 e. The highest BCUT2D eigenvalue weighted by Crippen LogP contribution is 2.36. The Labute approximate surface area is 144 Å². The van der Waals surface area contributed by atoms with E-state index in [1.807, 2.05) is 38.3 Å². The highest BCUT2D eigenvalue weighted by atomic mass is 35.5. The summed E-state index contributed by atoms with van der Waals surface area (Å²) in [5.74, 6) is 0.352. The van der Waals surface area contributed by atoms with Crippen LogP contribution in [0.4, 0.5) is 10.1 Å². The van der Waals surface area contributed by atoms with Crippen LogP contribution in [0.25, 0.3) is 0 Å². The number of benzene rings is 2. The Morgan fingerprint density at radius 2 is 1.91 bits per heavy atom. The highest BCUT2D eigenvalue weighted by molar-refractivity contribution is 7.99. The highest BCUT2D eigenvalue weighted by Gasteiger charge is 2.29. The van der Waals surface area contributed by atoms with Gasteiger partial charge in [0.25, 0.3) is 0 Å². The van der Waals surface area contributed by atoms with Gasteiger partial charge < -0.3 is 9.46 Å². The van der Waals surface area contributed by atoms with Crippen LogP contribution in [0, 0.1) is 5.82 Å². The van der Waals surface area contributed by atoms with Gasteiger partial charge in [0.2, 0.25) is 0 Å². The van der Waals surface area contributed by atoms with E-state index in [2.05, 4.69) is 9.71 Å². The first-order valence-electron chi connectivity index (χ1n) is 7.07. The molecule has 1 aliphatic heterocycles. The summed E-state index contributed by atoms with van der Waals surface area (Å²) in [5, 5.41) is 0.332. The zero-order chi connectivity index (χ0) is 16.6. The van der Waals surface area contributed by atoms with Crippen molar-refractivity contribution in [2.45, 2.75) is 19.6 Å². The van der Waals surface area contributed by atoms with Crippen molar-refractivity contribution in [1.29, 1.82) is 0 Å². The Hall–Kier alpha value is -1.72. The first-order valence-corrected chi connectivity index (χ1v) is 8.67. The van der Waals surface area contributed by atoms with Crippen molar-refractivity contribution in [3.05, 3.63) is 58.4 Å². The average molecular weight is 351 g/mol. The van der Waals surface area contributed by atoms with Gasteiger partial charge in [-0.15, -0.1) is 0 Å². The van der Waals surface area contributed by atoms with E-state index in [-0.39, 0.29) is 5.82 Å². The summed E-state index contributed by atoms with van der Waals surface area (Å²) in [6.45, 7) is 3.75. The molecule has 120 valence electrons. The van der Waals surface area contributed by atoms with Gasteiger partial charge in [0.1, 0.15) is 11.6 Å². The fourth-order valence-corrected chi connectivity index (χ4v) is 3.11. The van der Waals surface area contributed by atoms with Crippen LogP contribution in [-0.2, 0) is 0 Å². The molecule has 3 rings (SSSR count). The second-order valence-electron chi connectivity index (χ2n) is 5.65. The molecule has 0 saturated heterocycles. The van der Waals surface area contributed by atoms with Gasteiger partial charge in [0.15, 0.2) is 5.72 Å². The number of halogens is 2. The molecule has 6 heteroatoms. The molecule has 2 aromatic rings. The third-order valence-corrected chi connectivity index (χ3v) is 4.14. The van der Waals surface area contributed by atoms with E-state index in [1.165, 1.54) is 24.1 Å². The number of ether oxygens (including phenoxy) is 1. The molecule has 2 aromatic carbocycles. The molecule has 1 heterocycles. The lowest BCUT2D eigenvalue weighted by atomic mass is 9.98. The van der Waals surface area contributed by atoms with Crippen molar-refractivity contribution in [2.24, 2.45) is 4.99 Å².